The molecule has 5 heteroatoms. The van der Waals surface area contributed by atoms with Gasteiger partial charge in [0.2, 0.25) is 0 Å². The van der Waals surface area contributed by atoms with Crippen molar-refractivity contribution in [2.45, 2.75) is 31.3 Å². The first-order valence-electron chi connectivity index (χ1n) is 5.85. The maximum atomic E-state index is 10.3. The molecule has 0 radical (unpaired) electrons. The van der Waals surface area contributed by atoms with Crippen LogP contribution in [-0.4, -0.2) is 29.3 Å². The largest absolute Gasteiger partial charge is 0.396 e. The van der Waals surface area contributed by atoms with Gasteiger partial charge in [0.25, 0.3) is 0 Å². The molecule has 0 atom stereocenters. The first-order valence-corrected chi connectivity index (χ1v) is 6.22. The van der Waals surface area contributed by atoms with Crippen molar-refractivity contribution in [3.8, 4) is 0 Å². The van der Waals surface area contributed by atoms with Crippen molar-refractivity contribution >= 4 is 23.1 Å². The quantitative estimate of drug-likeness (QED) is 0.868. The highest BCUT2D eigenvalue weighted by Crippen LogP contribution is 2.32. The highest BCUT2D eigenvalue weighted by molar-refractivity contribution is 6.30. The molecule has 0 saturated heterocycles. The summed E-state index contributed by atoms with van der Waals surface area (Å²) in [7, 11) is 1.89. The minimum Gasteiger partial charge on any atom is -0.396 e. The molecule has 17 heavy (non-hydrogen) atoms. The minimum absolute atomic E-state index is 0.527. The van der Waals surface area contributed by atoms with E-state index in [9.17, 15) is 5.11 Å². The number of hydrogen-bond acceptors (Lipinski definition) is 4. The lowest BCUT2D eigenvalue weighted by Crippen LogP contribution is -2.39. The third kappa shape index (κ3) is 2.82. The summed E-state index contributed by atoms with van der Waals surface area (Å²) >= 11 is 5.81. The van der Waals surface area contributed by atoms with Crippen LogP contribution in [0.2, 0.25) is 5.02 Å². The van der Waals surface area contributed by atoms with Crippen LogP contribution in [0.4, 0.5) is 11.5 Å². The summed E-state index contributed by atoms with van der Waals surface area (Å²) in [5.74, 6) is 0.676. The Morgan fingerprint density at radius 3 is 2.76 bits per heavy atom. The Bertz CT molecular complexity index is 405. The molecule has 94 valence electrons. The number of hydrogen-bond donors (Lipinski definition) is 2. The molecule has 1 aliphatic rings. The number of aromatic nitrogens is 1. The lowest BCUT2D eigenvalue weighted by molar-refractivity contribution is 0.0558. The van der Waals surface area contributed by atoms with Gasteiger partial charge in [-0.3, -0.25) is 0 Å². The number of nitrogens with two attached hydrogens (primary N) is 1. The fraction of sp³-hybridized carbons (Fsp3) is 0.583. The van der Waals surface area contributed by atoms with E-state index in [0.29, 0.717) is 23.1 Å². The Balaban J connectivity index is 2.11. The van der Waals surface area contributed by atoms with E-state index in [0.717, 1.165) is 25.7 Å². The summed E-state index contributed by atoms with van der Waals surface area (Å²) in [5.41, 5.74) is 5.82. The Morgan fingerprint density at radius 1 is 1.53 bits per heavy atom. The Hall–Kier alpha value is -1.00. The summed E-state index contributed by atoms with van der Waals surface area (Å²) in [6.07, 6.45) is 5.46. The molecular weight excluding hydrogens is 238 g/mol. The van der Waals surface area contributed by atoms with Crippen molar-refractivity contribution < 1.29 is 5.11 Å². The fourth-order valence-electron chi connectivity index (χ4n) is 2.47. The maximum Gasteiger partial charge on any atom is 0.151 e. The standard InChI is InChI=1S/C12H18ClN3O/c1-16(8-12(17)4-2-3-5-12)11-10(14)6-9(13)7-15-11/h6-7,17H,2-5,8,14H2,1H3. The average Bonchev–Trinajstić information content (AvgIpc) is 2.64. The molecule has 0 spiro atoms. The monoisotopic (exact) mass is 255 g/mol. The molecular formula is C12H18ClN3O. The Morgan fingerprint density at radius 2 is 2.18 bits per heavy atom. The van der Waals surface area contributed by atoms with E-state index in [1.165, 1.54) is 0 Å². The molecule has 0 bridgehead atoms. The summed E-state index contributed by atoms with van der Waals surface area (Å²) in [6.45, 7) is 0.561. The predicted octanol–water partition coefficient (Wildman–Crippen LogP) is 2.06. The van der Waals surface area contributed by atoms with Crippen molar-refractivity contribution in [3.63, 3.8) is 0 Å². The second-order valence-corrected chi connectivity index (χ2v) is 5.29. The van der Waals surface area contributed by atoms with Crippen LogP contribution in [0.15, 0.2) is 12.3 Å². The molecule has 1 heterocycles. The van der Waals surface area contributed by atoms with E-state index in [4.69, 9.17) is 17.3 Å². The van der Waals surface area contributed by atoms with E-state index in [1.54, 1.807) is 12.3 Å². The lowest BCUT2D eigenvalue weighted by Gasteiger charge is -2.29. The summed E-state index contributed by atoms with van der Waals surface area (Å²) in [6, 6.07) is 1.68. The molecule has 0 aliphatic heterocycles. The zero-order valence-electron chi connectivity index (χ0n) is 9.99. The number of nitrogens with zero attached hydrogens (tertiary/aromatic N) is 2. The van der Waals surface area contributed by atoms with Gasteiger partial charge in [0.15, 0.2) is 5.82 Å². The van der Waals surface area contributed by atoms with Gasteiger partial charge in [-0.25, -0.2) is 4.98 Å². The average molecular weight is 256 g/mol. The van der Waals surface area contributed by atoms with Crippen LogP contribution in [0, 0.1) is 0 Å². The van der Waals surface area contributed by atoms with E-state index in [1.807, 2.05) is 11.9 Å². The van der Waals surface area contributed by atoms with Crippen LogP contribution in [-0.2, 0) is 0 Å². The molecule has 4 nitrogen and oxygen atoms in total. The summed E-state index contributed by atoms with van der Waals surface area (Å²) in [4.78, 5) is 6.11. The van der Waals surface area contributed by atoms with E-state index >= 15 is 0 Å². The maximum absolute atomic E-state index is 10.3. The van der Waals surface area contributed by atoms with E-state index < -0.39 is 5.60 Å². The predicted molar refractivity (Wildman–Crippen MR) is 70.3 cm³/mol. The van der Waals surface area contributed by atoms with Gasteiger partial charge in [0.05, 0.1) is 16.3 Å². The first kappa shape index (κ1) is 12.5. The first-order chi connectivity index (χ1) is 8.00. The van der Waals surface area contributed by atoms with Gasteiger partial charge < -0.3 is 15.7 Å². The number of aliphatic hydroxyl groups is 1. The summed E-state index contributed by atoms with van der Waals surface area (Å²) < 4.78 is 0. The number of halogens is 1. The molecule has 1 aromatic heterocycles. The van der Waals surface area contributed by atoms with E-state index in [-0.39, 0.29) is 0 Å². The zero-order valence-corrected chi connectivity index (χ0v) is 10.7. The molecule has 0 unspecified atom stereocenters. The van der Waals surface area contributed by atoms with Crippen LogP contribution in [0.25, 0.3) is 0 Å². The smallest absolute Gasteiger partial charge is 0.151 e. The lowest BCUT2D eigenvalue weighted by atomic mass is 10.0. The highest BCUT2D eigenvalue weighted by Gasteiger charge is 2.32. The Kier molecular flexibility index (Phi) is 3.45. The van der Waals surface area contributed by atoms with Crippen LogP contribution >= 0.6 is 11.6 Å². The van der Waals surface area contributed by atoms with E-state index in [2.05, 4.69) is 4.98 Å². The van der Waals surface area contributed by atoms with Crippen molar-refractivity contribution in [3.05, 3.63) is 17.3 Å². The van der Waals surface area contributed by atoms with Gasteiger partial charge in [-0.1, -0.05) is 24.4 Å². The number of anilines is 2. The van der Waals surface area contributed by atoms with Crippen LogP contribution in [0.3, 0.4) is 0 Å². The van der Waals surface area contributed by atoms with Gasteiger partial charge in [0.1, 0.15) is 0 Å². The summed E-state index contributed by atoms with van der Waals surface area (Å²) in [5, 5.41) is 10.9. The second-order valence-electron chi connectivity index (χ2n) is 4.85. The molecule has 1 aliphatic carbocycles. The third-order valence-electron chi connectivity index (χ3n) is 3.29. The van der Waals surface area contributed by atoms with Crippen LogP contribution < -0.4 is 10.6 Å². The minimum atomic E-state index is -0.595. The van der Waals surface area contributed by atoms with Crippen molar-refractivity contribution in [1.82, 2.24) is 4.98 Å². The normalized spacial score (nSPS) is 18.3. The fourth-order valence-corrected chi connectivity index (χ4v) is 2.64. The molecule has 0 aromatic carbocycles. The topological polar surface area (TPSA) is 62.4 Å². The van der Waals surface area contributed by atoms with Gasteiger partial charge in [-0.05, 0) is 18.9 Å². The highest BCUT2D eigenvalue weighted by atomic mass is 35.5. The van der Waals surface area contributed by atoms with Gasteiger partial charge in [0, 0.05) is 19.8 Å². The third-order valence-corrected chi connectivity index (χ3v) is 3.50. The second kappa shape index (κ2) is 4.70. The molecule has 1 aromatic rings. The van der Waals surface area contributed by atoms with Gasteiger partial charge in [-0.15, -0.1) is 0 Å². The number of pyridine rings is 1. The van der Waals surface area contributed by atoms with Gasteiger partial charge in [-0.2, -0.15) is 0 Å². The number of nitrogen functional groups attached to an aromatic ring is 1. The molecule has 0 amide bonds. The molecule has 3 N–H and O–H groups in total. The van der Waals surface area contributed by atoms with Crippen LogP contribution in [0.1, 0.15) is 25.7 Å². The van der Waals surface area contributed by atoms with Gasteiger partial charge >= 0.3 is 0 Å². The zero-order chi connectivity index (χ0) is 12.5. The van der Waals surface area contributed by atoms with Crippen molar-refractivity contribution in [1.29, 1.82) is 0 Å². The number of rotatable bonds is 3. The Labute approximate surface area is 106 Å². The molecule has 2 rings (SSSR count). The number of likely N-dealkylation sites (N-methyl/N-ethyl adjacent to an activating group) is 1. The molecule has 1 saturated carbocycles. The van der Waals surface area contributed by atoms with Crippen molar-refractivity contribution in [2.24, 2.45) is 0 Å². The molecule has 1 fully saturated rings. The SMILES string of the molecule is CN(CC1(O)CCCC1)c1ncc(Cl)cc1N. The van der Waals surface area contributed by atoms with Crippen LogP contribution in [0.5, 0.6) is 0 Å². The van der Waals surface area contributed by atoms with Crippen molar-refractivity contribution in [2.75, 3.05) is 24.2 Å².